The van der Waals surface area contributed by atoms with Crippen molar-refractivity contribution < 1.29 is 4.74 Å². The summed E-state index contributed by atoms with van der Waals surface area (Å²) in [5.41, 5.74) is 4.21. The van der Waals surface area contributed by atoms with Crippen molar-refractivity contribution in [2.24, 2.45) is 7.05 Å². The monoisotopic (exact) mass is 373 g/mol. The van der Waals surface area contributed by atoms with Crippen molar-refractivity contribution in [1.82, 2.24) is 14.2 Å². The molecule has 0 saturated carbocycles. The lowest BCUT2D eigenvalue weighted by Gasteiger charge is -2.15. The second-order valence-corrected chi connectivity index (χ2v) is 7.21. The summed E-state index contributed by atoms with van der Waals surface area (Å²) in [5, 5.41) is 5.28. The van der Waals surface area contributed by atoms with E-state index in [4.69, 9.17) is 21.4 Å². The molecular weight excluding hydrogens is 350 g/mol. The summed E-state index contributed by atoms with van der Waals surface area (Å²) in [4.78, 5) is 13.2. The molecule has 3 aromatic rings. The number of benzene rings is 1. The highest BCUT2D eigenvalue weighted by Crippen LogP contribution is 2.34. The van der Waals surface area contributed by atoms with Gasteiger partial charge >= 0.3 is 0 Å². The first kappa shape index (κ1) is 18.5. The second-order valence-electron chi connectivity index (χ2n) is 6.80. The van der Waals surface area contributed by atoms with Crippen LogP contribution in [0.15, 0.2) is 23.0 Å². The summed E-state index contributed by atoms with van der Waals surface area (Å²) in [6, 6.07) is 5.70. The third-order valence-electron chi connectivity index (χ3n) is 5.07. The van der Waals surface area contributed by atoms with Crippen molar-refractivity contribution in [1.29, 1.82) is 0 Å². The largest absolute Gasteiger partial charge is 0.497 e. The van der Waals surface area contributed by atoms with E-state index in [9.17, 15) is 4.79 Å². The number of rotatable bonds is 4. The average molecular weight is 374 g/mol. The molecule has 2 heterocycles. The molecular formula is C20H24ClN3O2. The summed E-state index contributed by atoms with van der Waals surface area (Å²) >= 11 is 6.50. The summed E-state index contributed by atoms with van der Waals surface area (Å²) in [6.07, 6.45) is 0.966. The van der Waals surface area contributed by atoms with E-state index in [1.807, 2.05) is 19.9 Å². The van der Waals surface area contributed by atoms with Crippen LogP contribution in [-0.4, -0.2) is 21.3 Å². The van der Waals surface area contributed by atoms with Crippen LogP contribution in [0.5, 0.6) is 5.75 Å². The third kappa shape index (κ3) is 2.80. The fourth-order valence-corrected chi connectivity index (χ4v) is 3.68. The first-order valence-electron chi connectivity index (χ1n) is 8.73. The van der Waals surface area contributed by atoms with Gasteiger partial charge in [0.25, 0.3) is 5.56 Å². The summed E-state index contributed by atoms with van der Waals surface area (Å²) < 4.78 is 8.61. The Balaban J connectivity index is 2.36. The number of nitrogens with zero attached hydrogens (tertiary/aromatic N) is 3. The molecule has 1 unspecified atom stereocenters. The van der Waals surface area contributed by atoms with E-state index < -0.39 is 0 Å². The van der Waals surface area contributed by atoms with Gasteiger partial charge in [-0.15, -0.1) is 5.10 Å². The van der Waals surface area contributed by atoms with Crippen LogP contribution in [-0.2, 0) is 7.05 Å². The number of hydrogen-bond acceptors (Lipinski definition) is 3. The number of aromatic nitrogens is 3. The van der Waals surface area contributed by atoms with Crippen molar-refractivity contribution >= 4 is 17.1 Å². The highest BCUT2D eigenvalue weighted by molar-refractivity contribution is 6.33. The first-order chi connectivity index (χ1) is 12.3. The smallest absolute Gasteiger partial charge is 0.278 e. The summed E-state index contributed by atoms with van der Waals surface area (Å²) in [5.74, 6) is 1.52. The normalized spacial score (nSPS) is 12.6. The van der Waals surface area contributed by atoms with E-state index >= 15 is 0 Å². The van der Waals surface area contributed by atoms with Crippen LogP contribution < -0.4 is 10.3 Å². The number of aryl methyl sites for hydroxylation is 2. The first-order valence-corrected chi connectivity index (χ1v) is 9.11. The minimum atomic E-state index is -0.0651. The Morgan fingerprint density at radius 2 is 1.96 bits per heavy atom. The van der Waals surface area contributed by atoms with Crippen molar-refractivity contribution in [3.8, 4) is 17.1 Å². The number of methoxy groups -OCH3 is 1. The number of fused-ring (bicyclic) bond motifs is 1. The van der Waals surface area contributed by atoms with Crippen LogP contribution in [0.25, 0.3) is 16.9 Å². The van der Waals surface area contributed by atoms with Gasteiger partial charge in [-0.25, -0.2) is 4.52 Å². The van der Waals surface area contributed by atoms with Crippen molar-refractivity contribution in [3.05, 3.63) is 50.4 Å². The number of halogens is 1. The van der Waals surface area contributed by atoms with E-state index in [1.54, 1.807) is 29.3 Å². The van der Waals surface area contributed by atoms with Gasteiger partial charge in [-0.1, -0.05) is 25.4 Å². The molecule has 0 aliphatic heterocycles. The number of ether oxygens (including phenoxy) is 1. The molecule has 0 aliphatic carbocycles. The topological polar surface area (TPSA) is 48.5 Å². The SMILES string of the molecule is CCC(C)c1cc(C)n2nc(-c3c(C)cc(OC)cc3Cl)n(C)c(=O)c12. The zero-order chi connectivity index (χ0) is 19.2. The summed E-state index contributed by atoms with van der Waals surface area (Å²) in [6.45, 7) is 8.16. The van der Waals surface area contributed by atoms with Crippen molar-refractivity contribution in [2.75, 3.05) is 7.11 Å². The Morgan fingerprint density at radius 3 is 2.54 bits per heavy atom. The molecule has 26 heavy (non-hydrogen) atoms. The van der Waals surface area contributed by atoms with Crippen LogP contribution in [0.2, 0.25) is 5.02 Å². The standard InChI is InChI=1S/C20H24ClN3O2/c1-7-11(2)15-9-13(4)24-18(15)20(25)23(5)19(22-24)17-12(3)8-14(26-6)10-16(17)21/h8-11H,7H2,1-6H3. The molecule has 0 bridgehead atoms. The molecule has 5 nitrogen and oxygen atoms in total. The van der Waals surface area contributed by atoms with E-state index in [-0.39, 0.29) is 5.56 Å². The Morgan fingerprint density at radius 1 is 1.27 bits per heavy atom. The maximum atomic E-state index is 13.2. The van der Waals surface area contributed by atoms with Crippen molar-refractivity contribution in [3.63, 3.8) is 0 Å². The maximum Gasteiger partial charge on any atom is 0.278 e. The van der Waals surface area contributed by atoms with Crippen LogP contribution in [0, 0.1) is 13.8 Å². The lowest BCUT2D eigenvalue weighted by molar-refractivity contribution is 0.414. The molecule has 0 radical (unpaired) electrons. The molecule has 0 saturated heterocycles. The van der Waals surface area contributed by atoms with Crippen LogP contribution in [0.3, 0.4) is 0 Å². The Labute approximate surface area is 158 Å². The minimum absolute atomic E-state index is 0.0651. The quantitative estimate of drug-likeness (QED) is 0.676. The molecule has 2 aromatic heterocycles. The average Bonchev–Trinajstić information content (AvgIpc) is 2.94. The predicted octanol–water partition coefficient (Wildman–Crippen LogP) is 4.49. The van der Waals surface area contributed by atoms with Gasteiger partial charge in [0.15, 0.2) is 5.82 Å². The van der Waals surface area contributed by atoms with Crippen LogP contribution in [0.1, 0.15) is 43.0 Å². The Hall–Kier alpha value is -2.27. The Kier molecular flexibility index (Phi) is 4.84. The highest BCUT2D eigenvalue weighted by atomic mass is 35.5. The number of hydrogen-bond donors (Lipinski definition) is 0. The Bertz CT molecular complexity index is 1030. The molecule has 6 heteroatoms. The van der Waals surface area contributed by atoms with Gasteiger partial charge in [-0.05, 0) is 55.5 Å². The molecule has 3 rings (SSSR count). The lowest BCUT2D eigenvalue weighted by Crippen LogP contribution is -2.24. The summed E-state index contributed by atoms with van der Waals surface area (Å²) in [7, 11) is 3.35. The van der Waals surface area contributed by atoms with Crippen molar-refractivity contribution in [2.45, 2.75) is 40.0 Å². The van der Waals surface area contributed by atoms with E-state index in [1.165, 1.54) is 0 Å². The lowest BCUT2D eigenvalue weighted by atomic mass is 10.00. The van der Waals surface area contributed by atoms with Gasteiger partial charge in [0.1, 0.15) is 11.3 Å². The fraction of sp³-hybridized carbons (Fsp3) is 0.400. The van der Waals surface area contributed by atoms with Crippen LogP contribution in [0.4, 0.5) is 0 Å². The van der Waals surface area contributed by atoms with Gasteiger partial charge in [0.05, 0.1) is 12.1 Å². The van der Waals surface area contributed by atoms with E-state index in [2.05, 4.69) is 19.9 Å². The van der Waals surface area contributed by atoms with Gasteiger partial charge < -0.3 is 4.74 Å². The van der Waals surface area contributed by atoms with Gasteiger partial charge in [-0.3, -0.25) is 9.36 Å². The predicted molar refractivity (Wildman–Crippen MR) is 106 cm³/mol. The zero-order valence-corrected chi connectivity index (χ0v) is 16.8. The molecule has 0 aliphatic rings. The molecule has 138 valence electrons. The molecule has 0 spiro atoms. The third-order valence-corrected chi connectivity index (χ3v) is 5.36. The molecule has 0 amide bonds. The zero-order valence-electron chi connectivity index (χ0n) is 16.1. The van der Waals surface area contributed by atoms with Gasteiger partial charge in [0.2, 0.25) is 0 Å². The molecule has 0 N–H and O–H groups in total. The van der Waals surface area contributed by atoms with E-state index in [0.29, 0.717) is 28.0 Å². The molecule has 0 fully saturated rings. The van der Waals surface area contributed by atoms with Crippen LogP contribution >= 0.6 is 11.6 Å². The second kappa shape index (κ2) is 6.80. The molecule has 1 atom stereocenters. The minimum Gasteiger partial charge on any atom is -0.497 e. The highest BCUT2D eigenvalue weighted by Gasteiger charge is 2.21. The van der Waals surface area contributed by atoms with E-state index in [0.717, 1.165) is 28.8 Å². The van der Waals surface area contributed by atoms with Gasteiger partial charge in [-0.2, -0.15) is 0 Å². The maximum absolute atomic E-state index is 13.2. The van der Waals surface area contributed by atoms with Gasteiger partial charge in [0, 0.05) is 18.3 Å². The molecule has 1 aromatic carbocycles. The fourth-order valence-electron chi connectivity index (χ4n) is 3.34.